The van der Waals surface area contributed by atoms with Crippen molar-refractivity contribution in [2.24, 2.45) is 0 Å². The summed E-state index contributed by atoms with van der Waals surface area (Å²) >= 11 is 11.6. The number of halogens is 2. The van der Waals surface area contributed by atoms with E-state index in [9.17, 15) is 4.79 Å². The van der Waals surface area contributed by atoms with E-state index < -0.39 is 0 Å². The number of carbonyl (C=O) groups excluding carboxylic acids is 1. The van der Waals surface area contributed by atoms with Crippen molar-refractivity contribution in [1.82, 2.24) is 9.88 Å². The highest BCUT2D eigenvalue weighted by atomic mass is 35.5. The van der Waals surface area contributed by atoms with Gasteiger partial charge in [-0.15, -0.1) is 6.58 Å². The van der Waals surface area contributed by atoms with Gasteiger partial charge in [-0.1, -0.05) is 29.3 Å². The molecule has 98 valence electrons. The van der Waals surface area contributed by atoms with Crippen LogP contribution in [-0.4, -0.2) is 42.6 Å². The van der Waals surface area contributed by atoms with E-state index in [1.165, 1.54) is 6.07 Å². The SMILES string of the molecule is C=CCN(CCOC)C(=O)c1ccc(Cl)nc1Cl. The third kappa shape index (κ3) is 3.98. The molecule has 0 bridgehead atoms. The number of carbonyl (C=O) groups is 1. The topological polar surface area (TPSA) is 42.4 Å². The normalized spacial score (nSPS) is 10.2. The van der Waals surface area contributed by atoms with E-state index in [0.29, 0.717) is 25.3 Å². The van der Waals surface area contributed by atoms with E-state index in [0.717, 1.165) is 0 Å². The Morgan fingerprint density at radius 1 is 1.56 bits per heavy atom. The first-order valence-corrected chi connectivity index (χ1v) is 6.07. The van der Waals surface area contributed by atoms with Gasteiger partial charge in [-0.3, -0.25) is 4.79 Å². The van der Waals surface area contributed by atoms with Crippen molar-refractivity contribution in [3.05, 3.63) is 40.7 Å². The van der Waals surface area contributed by atoms with Crippen molar-refractivity contribution in [2.75, 3.05) is 26.8 Å². The Kier molecular flexibility index (Phi) is 6.12. The van der Waals surface area contributed by atoms with Crippen molar-refractivity contribution in [3.63, 3.8) is 0 Å². The van der Waals surface area contributed by atoms with Crippen LogP contribution < -0.4 is 0 Å². The molecule has 0 aliphatic carbocycles. The van der Waals surface area contributed by atoms with Crippen LogP contribution in [0.1, 0.15) is 10.4 Å². The number of amides is 1. The van der Waals surface area contributed by atoms with Crippen LogP contribution in [0.25, 0.3) is 0 Å². The first kappa shape index (κ1) is 15.0. The van der Waals surface area contributed by atoms with Gasteiger partial charge >= 0.3 is 0 Å². The fourth-order valence-corrected chi connectivity index (χ4v) is 1.80. The molecule has 0 atom stereocenters. The lowest BCUT2D eigenvalue weighted by molar-refractivity contribution is 0.0718. The minimum absolute atomic E-state index is 0.0963. The average Bonchev–Trinajstić information content (AvgIpc) is 2.33. The molecule has 18 heavy (non-hydrogen) atoms. The molecule has 1 aromatic heterocycles. The Balaban J connectivity index is 2.90. The van der Waals surface area contributed by atoms with Gasteiger partial charge in [-0.25, -0.2) is 4.98 Å². The van der Waals surface area contributed by atoms with Crippen molar-refractivity contribution < 1.29 is 9.53 Å². The van der Waals surface area contributed by atoms with Crippen LogP contribution in [0.15, 0.2) is 24.8 Å². The quantitative estimate of drug-likeness (QED) is 0.597. The highest BCUT2D eigenvalue weighted by Gasteiger charge is 2.18. The van der Waals surface area contributed by atoms with Crippen LogP contribution in [-0.2, 0) is 4.74 Å². The second-order valence-corrected chi connectivity index (χ2v) is 4.25. The second-order valence-electron chi connectivity index (χ2n) is 3.50. The Morgan fingerprint density at radius 3 is 2.83 bits per heavy atom. The predicted molar refractivity (Wildman–Crippen MR) is 72.2 cm³/mol. The minimum Gasteiger partial charge on any atom is -0.383 e. The lowest BCUT2D eigenvalue weighted by atomic mass is 10.2. The number of nitrogens with zero attached hydrogens (tertiary/aromatic N) is 2. The van der Waals surface area contributed by atoms with E-state index in [-0.39, 0.29) is 16.2 Å². The summed E-state index contributed by atoms with van der Waals surface area (Å²) in [6, 6.07) is 3.09. The summed E-state index contributed by atoms with van der Waals surface area (Å²) in [7, 11) is 1.58. The van der Waals surface area contributed by atoms with Crippen molar-refractivity contribution in [2.45, 2.75) is 0 Å². The number of hydrogen-bond acceptors (Lipinski definition) is 3. The molecule has 0 N–H and O–H groups in total. The van der Waals surface area contributed by atoms with Gasteiger partial charge in [-0.05, 0) is 12.1 Å². The molecule has 1 rings (SSSR count). The summed E-state index contributed by atoms with van der Waals surface area (Å²) in [5, 5.41) is 0.350. The van der Waals surface area contributed by atoms with Crippen LogP contribution >= 0.6 is 23.2 Å². The standard InChI is InChI=1S/C12H14Cl2N2O2/c1-3-6-16(7-8-18-2)12(17)9-4-5-10(13)15-11(9)14/h3-5H,1,6-8H2,2H3. The van der Waals surface area contributed by atoms with E-state index in [1.807, 2.05) is 0 Å². The van der Waals surface area contributed by atoms with Crippen molar-refractivity contribution in [3.8, 4) is 0 Å². The molecule has 4 nitrogen and oxygen atoms in total. The van der Waals surface area contributed by atoms with E-state index >= 15 is 0 Å². The number of methoxy groups -OCH3 is 1. The lowest BCUT2D eigenvalue weighted by Gasteiger charge is -2.21. The maximum atomic E-state index is 12.2. The van der Waals surface area contributed by atoms with Gasteiger partial charge in [0.25, 0.3) is 5.91 Å². The fourth-order valence-electron chi connectivity index (χ4n) is 1.38. The number of pyridine rings is 1. The highest BCUT2D eigenvalue weighted by Crippen LogP contribution is 2.18. The summed E-state index contributed by atoms with van der Waals surface area (Å²) in [5.41, 5.74) is 0.319. The average molecular weight is 289 g/mol. The maximum absolute atomic E-state index is 12.2. The molecule has 0 radical (unpaired) electrons. The monoisotopic (exact) mass is 288 g/mol. The Hall–Kier alpha value is -1.10. The predicted octanol–water partition coefficient (Wildman–Crippen LogP) is 2.66. The molecule has 0 aliphatic rings. The summed E-state index contributed by atoms with van der Waals surface area (Å²) in [6.45, 7) is 4.94. The Morgan fingerprint density at radius 2 is 2.28 bits per heavy atom. The molecule has 0 fully saturated rings. The van der Waals surface area contributed by atoms with Gasteiger partial charge in [0, 0.05) is 20.2 Å². The molecule has 0 aliphatic heterocycles. The third-order valence-electron chi connectivity index (χ3n) is 2.25. The fraction of sp³-hybridized carbons (Fsp3) is 0.333. The first-order chi connectivity index (χ1) is 8.60. The maximum Gasteiger partial charge on any atom is 0.257 e. The van der Waals surface area contributed by atoms with Crippen molar-refractivity contribution >= 4 is 29.1 Å². The number of ether oxygens (including phenoxy) is 1. The largest absolute Gasteiger partial charge is 0.383 e. The summed E-state index contributed by atoms with van der Waals surface area (Å²) in [5.74, 6) is -0.221. The summed E-state index contributed by atoms with van der Waals surface area (Å²) in [4.78, 5) is 17.6. The van der Waals surface area contributed by atoms with Gasteiger partial charge in [0.1, 0.15) is 10.3 Å². The van der Waals surface area contributed by atoms with Gasteiger partial charge < -0.3 is 9.64 Å². The van der Waals surface area contributed by atoms with Crippen LogP contribution in [0.3, 0.4) is 0 Å². The summed E-state index contributed by atoms with van der Waals surface area (Å²) in [6.07, 6.45) is 1.64. The number of hydrogen-bond donors (Lipinski definition) is 0. The zero-order valence-electron chi connectivity index (χ0n) is 10.0. The lowest BCUT2D eigenvalue weighted by Crippen LogP contribution is -2.34. The molecular weight excluding hydrogens is 275 g/mol. The molecule has 1 heterocycles. The molecular formula is C12H14Cl2N2O2. The van der Waals surface area contributed by atoms with Gasteiger partial charge in [0.15, 0.2) is 0 Å². The smallest absolute Gasteiger partial charge is 0.257 e. The third-order valence-corrected chi connectivity index (χ3v) is 2.75. The summed E-state index contributed by atoms with van der Waals surface area (Å²) < 4.78 is 4.96. The van der Waals surface area contributed by atoms with Crippen LogP contribution in [0.4, 0.5) is 0 Å². The van der Waals surface area contributed by atoms with E-state index in [2.05, 4.69) is 11.6 Å². The molecule has 0 unspecified atom stereocenters. The second kappa shape index (κ2) is 7.36. The molecule has 1 aromatic rings. The Bertz CT molecular complexity index is 438. The Labute approximate surface area is 116 Å². The molecule has 0 saturated heterocycles. The molecule has 0 aromatic carbocycles. The van der Waals surface area contributed by atoms with Gasteiger partial charge in [-0.2, -0.15) is 0 Å². The number of aromatic nitrogens is 1. The molecule has 1 amide bonds. The van der Waals surface area contributed by atoms with Crippen LogP contribution in [0.2, 0.25) is 10.3 Å². The van der Waals surface area contributed by atoms with E-state index in [4.69, 9.17) is 27.9 Å². The van der Waals surface area contributed by atoms with Crippen molar-refractivity contribution in [1.29, 1.82) is 0 Å². The van der Waals surface area contributed by atoms with Crippen LogP contribution in [0.5, 0.6) is 0 Å². The first-order valence-electron chi connectivity index (χ1n) is 5.31. The van der Waals surface area contributed by atoms with E-state index in [1.54, 1.807) is 24.2 Å². The number of rotatable bonds is 6. The van der Waals surface area contributed by atoms with Gasteiger partial charge in [0.2, 0.25) is 0 Å². The van der Waals surface area contributed by atoms with Gasteiger partial charge in [0.05, 0.1) is 12.2 Å². The van der Waals surface area contributed by atoms with Crippen LogP contribution in [0, 0.1) is 0 Å². The molecule has 0 saturated carbocycles. The zero-order chi connectivity index (χ0) is 13.5. The molecule has 0 spiro atoms. The zero-order valence-corrected chi connectivity index (χ0v) is 11.5. The highest BCUT2D eigenvalue weighted by molar-refractivity contribution is 6.34. The molecule has 6 heteroatoms. The minimum atomic E-state index is -0.221.